The Morgan fingerprint density at radius 3 is 2.12 bits per heavy atom. The molecule has 33 heavy (non-hydrogen) atoms. The summed E-state index contributed by atoms with van der Waals surface area (Å²) in [6.45, 7) is 1.99. The average Bonchev–Trinajstić information content (AvgIpc) is 3.17. The van der Waals surface area contributed by atoms with Gasteiger partial charge in [-0.3, -0.25) is 9.69 Å². The van der Waals surface area contributed by atoms with Crippen LogP contribution in [0.15, 0.2) is 83.8 Å². The molecule has 0 spiro atoms. The molecular weight excluding hydrogens is 456 g/mol. The first-order valence-electron chi connectivity index (χ1n) is 10.2. The summed E-state index contributed by atoms with van der Waals surface area (Å²) in [5.41, 5.74) is 4.13. The smallest absolute Gasteiger partial charge is 0.308 e. The molecule has 0 aliphatic heterocycles. The van der Waals surface area contributed by atoms with Crippen LogP contribution < -0.4 is 4.90 Å². The monoisotopic (exact) mass is 478 g/mol. The second kappa shape index (κ2) is 9.17. The number of sulfone groups is 1. The Kier molecular flexibility index (Phi) is 6.31. The van der Waals surface area contributed by atoms with Gasteiger partial charge in [0.1, 0.15) is 0 Å². The molecule has 1 heterocycles. The van der Waals surface area contributed by atoms with E-state index in [0.29, 0.717) is 15.7 Å². The van der Waals surface area contributed by atoms with Crippen molar-refractivity contribution in [2.24, 2.45) is 0 Å². The van der Waals surface area contributed by atoms with Crippen LogP contribution >= 0.6 is 11.3 Å². The van der Waals surface area contributed by atoms with Crippen molar-refractivity contribution >= 4 is 43.6 Å². The minimum Gasteiger partial charge on any atom is -0.481 e. The van der Waals surface area contributed by atoms with Crippen LogP contribution in [0.25, 0.3) is 11.3 Å². The SMILES string of the molecule is Cc1ccc(-c2nc(N(c3ccccc3)c3ccc(S(C)(=O)=O)cc3)sc2CC(=O)O)cc1. The van der Waals surface area contributed by atoms with E-state index in [9.17, 15) is 18.3 Å². The van der Waals surface area contributed by atoms with Gasteiger partial charge in [0.25, 0.3) is 0 Å². The molecule has 0 saturated carbocycles. The lowest BCUT2D eigenvalue weighted by Gasteiger charge is -2.22. The number of aromatic nitrogens is 1. The summed E-state index contributed by atoms with van der Waals surface area (Å²) in [5, 5.41) is 10.1. The van der Waals surface area contributed by atoms with Crippen molar-refractivity contribution in [3.63, 3.8) is 0 Å². The van der Waals surface area contributed by atoms with Gasteiger partial charge in [0, 0.05) is 28.1 Å². The molecule has 1 aromatic heterocycles. The van der Waals surface area contributed by atoms with Crippen LogP contribution in [-0.2, 0) is 21.1 Å². The summed E-state index contributed by atoms with van der Waals surface area (Å²) in [6, 6.07) is 24.0. The van der Waals surface area contributed by atoms with E-state index in [-0.39, 0.29) is 11.3 Å². The lowest BCUT2D eigenvalue weighted by molar-refractivity contribution is -0.136. The summed E-state index contributed by atoms with van der Waals surface area (Å²) in [4.78, 5) is 19.2. The molecule has 1 N–H and O–H groups in total. The number of aryl methyl sites for hydroxylation is 1. The molecule has 0 unspecified atom stereocenters. The summed E-state index contributed by atoms with van der Waals surface area (Å²) < 4.78 is 23.8. The Labute approximate surface area is 196 Å². The Morgan fingerprint density at radius 2 is 1.55 bits per heavy atom. The third kappa shape index (κ3) is 5.13. The Morgan fingerprint density at radius 1 is 0.939 bits per heavy atom. The number of rotatable bonds is 7. The molecule has 4 rings (SSSR count). The quantitative estimate of drug-likeness (QED) is 0.371. The first-order chi connectivity index (χ1) is 15.7. The zero-order valence-electron chi connectivity index (χ0n) is 18.1. The molecule has 0 amide bonds. The molecule has 0 aliphatic rings. The van der Waals surface area contributed by atoms with Crippen molar-refractivity contribution in [1.29, 1.82) is 0 Å². The van der Waals surface area contributed by atoms with Gasteiger partial charge in [-0.25, -0.2) is 13.4 Å². The normalized spacial score (nSPS) is 11.3. The molecule has 4 aromatic rings. The first kappa shape index (κ1) is 22.7. The predicted molar refractivity (Wildman–Crippen MR) is 131 cm³/mol. The van der Waals surface area contributed by atoms with Crippen LogP contribution in [0.4, 0.5) is 16.5 Å². The zero-order chi connectivity index (χ0) is 23.6. The van der Waals surface area contributed by atoms with Gasteiger partial charge in [-0.15, -0.1) is 0 Å². The maximum absolute atomic E-state index is 11.9. The Hall–Kier alpha value is -3.49. The van der Waals surface area contributed by atoms with Crippen molar-refractivity contribution in [3.8, 4) is 11.3 Å². The van der Waals surface area contributed by atoms with Gasteiger partial charge in [-0.05, 0) is 43.3 Å². The number of thiazole rings is 1. The lowest BCUT2D eigenvalue weighted by atomic mass is 10.1. The number of anilines is 3. The number of carbonyl (C=O) groups is 1. The van der Waals surface area contributed by atoms with Crippen LogP contribution in [0, 0.1) is 6.92 Å². The largest absolute Gasteiger partial charge is 0.481 e. The van der Waals surface area contributed by atoms with Gasteiger partial charge in [0.15, 0.2) is 15.0 Å². The van der Waals surface area contributed by atoms with Gasteiger partial charge < -0.3 is 5.11 Å². The summed E-state index contributed by atoms with van der Waals surface area (Å²) in [5.74, 6) is -0.928. The molecule has 0 aliphatic carbocycles. The minimum atomic E-state index is -3.33. The van der Waals surface area contributed by atoms with Gasteiger partial charge in [0.2, 0.25) is 0 Å². The fourth-order valence-electron chi connectivity index (χ4n) is 3.42. The molecule has 6 nitrogen and oxygen atoms in total. The van der Waals surface area contributed by atoms with Crippen molar-refractivity contribution in [3.05, 3.63) is 89.3 Å². The van der Waals surface area contributed by atoms with E-state index < -0.39 is 15.8 Å². The molecule has 0 saturated heterocycles. The Balaban J connectivity index is 1.87. The zero-order valence-corrected chi connectivity index (χ0v) is 19.7. The molecule has 8 heteroatoms. The second-order valence-corrected chi connectivity index (χ2v) is 10.7. The summed E-state index contributed by atoms with van der Waals surface area (Å²) in [7, 11) is -3.33. The molecule has 168 valence electrons. The average molecular weight is 479 g/mol. The van der Waals surface area contributed by atoms with Gasteiger partial charge >= 0.3 is 5.97 Å². The molecule has 0 bridgehead atoms. The number of benzene rings is 3. The van der Waals surface area contributed by atoms with Crippen molar-refractivity contribution in [2.45, 2.75) is 18.2 Å². The molecular formula is C25H22N2O4S2. The van der Waals surface area contributed by atoms with E-state index in [1.165, 1.54) is 17.6 Å². The fraction of sp³-hybridized carbons (Fsp3) is 0.120. The van der Waals surface area contributed by atoms with Crippen LogP contribution in [0.3, 0.4) is 0 Å². The van der Waals surface area contributed by atoms with E-state index in [1.807, 2.05) is 66.4 Å². The number of carboxylic acids is 1. The number of aliphatic carboxylic acids is 1. The molecule has 0 radical (unpaired) electrons. The standard InChI is InChI=1S/C25H22N2O4S2/c1-17-8-10-18(11-9-17)24-22(16-23(28)29)32-25(26-24)27(19-6-4-3-5-7-19)20-12-14-21(15-13-20)33(2,30)31/h3-15H,16H2,1-2H3,(H,28,29). The highest BCUT2D eigenvalue weighted by Crippen LogP contribution is 2.41. The number of hydrogen-bond donors (Lipinski definition) is 1. The van der Waals surface area contributed by atoms with E-state index in [2.05, 4.69) is 0 Å². The molecule has 0 fully saturated rings. The Bertz CT molecular complexity index is 1380. The van der Waals surface area contributed by atoms with E-state index in [0.717, 1.165) is 22.5 Å². The van der Waals surface area contributed by atoms with E-state index in [4.69, 9.17) is 4.98 Å². The number of hydrogen-bond acceptors (Lipinski definition) is 6. The minimum absolute atomic E-state index is 0.142. The first-order valence-corrected chi connectivity index (χ1v) is 12.9. The van der Waals surface area contributed by atoms with Crippen molar-refractivity contribution in [1.82, 2.24) is 4.98 Å². The topological polar surface area (TPSA) is 87.6 Å². The maximum atomic E-state index is 11.9. The van der Waals surface area contributed by atoms with Crippen LogP contribution in [0.5, 0.6) is 0 Å². The fourth-order valence-corrected chi connectivity index (χ4v) is 5.16. The number of nitrogens with zero attached hydrogens (tertiary/aromatic N) is 2. The number of para-hydroxylation sites is 1. The number of carboxylic acid groups (broad SMARTS) is 1. The highest BCUT2D eigenvalue weighted by atomic mass is 32.2. The van der Waals surface area contributed by atoms with E-state index in [1.54, 1.807) is 24.3 Å². The van der Waals surface area contributed by atoms with Gasteiger partial charge in [0.05, 0.1) is 17.0 Å². The predicted octanol–water partition coefficient (Wildman–Crippen LogP) is 5.62. The molecule has 3 aromatic carbocycles. The third-order valence-corrected chi connectivity index (χ3v) is 7.22. The highest BCUT2D eigenvalue weighted by molar-refractivity contribution is 7.90. The van der Waals surface area contributed by atoms with Crippen LogP contribution in [-0.4, -0.2) is 30.7 Å². The van der Waals surface area contributed by atoms with Crippen molar-refractivity contribution in [2.75, 3.05) is 11.2 Å². The maximum Gasteiger partial charge on any atom is 0.308 e. The third-order valence-electron chi connectivity index (χ3n) is 5.05. The summed E-state index contributed by atoms with van der Waals surface area (Å²) in [6.07, 6.45) is 1.03. The lowest BCUT2D eigenvalue weighted by Crippen LogP contribution is -2.10. The van der Waals surface area contributed by atoms with E-state index >= 15 is 0 Å². The van der Waals surface area contributed by atoms with Gasteiger partial charge in [-0.2, -0.15) is 0 Å². The highest BCUT2D eigenvalue weighted by Gasteiger charge is 2.22. The molecule has 0 atom stereocenters. The second-order valence-electron chi connectivity index (χ2n) is 7.64. The van der Waals surface area contributed by atoms with Crippen molar-refractivity contribution < 1.29 is 18.3 Å². The van der Waals surface area contributed by atoms with Crippen LogP contribution in [0.1, 0.15) is 10.4 Å². The van der Waals surface area contributed by atoms with Gasteiger partial charge in [-0.1, -0.05) is 59.4 Å². The summed E-state index contributed by atoms with van der Waals surface area (Å²) >= 11 is 1.31. The van der Waals surface area contributed by atoms with Crippen LogP contribution in [0.2, 0.25) is 0 Å².